The molecule has 1 atom stereocenters. The molecule has 106 valence electrons. The van der Waals surface area contributed by atoms with Gasteiger partial charge in [0.2, 0.25) is 0 Å². The summed E-state index contributed by atoms with van der Waals surface area (Å²) in [6, 6.07) is 10.3. The minimum Gasteiger partial charge on any atom is -0.497 e. The first-order valence-electron chi connectivity index (χ1n) is 6.38. The molecule has 1 N–H and O–H groups in total. The lowest BCUT2D eigenvalue weighted by Gasteiger charge is -2.19. The van der Waals surface area contributed by atoms with Crippen LogP contribution in [0.2, 0.25) is 5.02 Å². The van der Waals surface area contributed by atoms with Crippen LogP contribution in [0.1, 0.15) is 24.1 Å². The number of nitrogens with one attached hydrogen (secondary N) is 1. The molecule has 0 saturated carbocycles. The van der Waals surface area contributed by atoms with Gasteiger partial charge >= 0.3 is 0 Å². The maximum atomic E-state index is 14.0. The van der Waals surface area contributed by atoms with Crippen molar-refractivity contribution in [3.8, 4) is 5.75 Å². The van der Waals surface area contributed by atoms with Gasteiger partial charge in [-0.25, -0.2) is 4.39 Å². The second-order valence-corrected chi connectivity index (χ2v) is 5.09. The van der Waals surface area contributed by atoms with Crippen molar-refractivity contribution in [1.29, 1.82) is 0 Å². The van der Waals surface area contributed by atoms with E-state index < -0.39 is 0 Å². The Morgan fingerprint density at radius 1 is 1.25 bits per heavy atom. The lowest BCUT2D eigenvalue weighted by molar-refractivity contribution is 0.410. The number of hydrogen-bond donors (Lipinski definition) is 1. The molecule has 2 rings (SSSR count). The topological polar surface area (TPSA) is 21.3 Å². The van der Waals surface area contributed by atoms with Crippen molar-refractivity contribution in [2.45, 2.75) is 19.9 Å². The van der Waals surface area contributed by atoms with Crippen molar-refractivity contribution in [3.05, 3.63) is 58.4 Å². The van der Waals surface area contributed by atoms with E-state index in [0.717, 1.165) is 11.3 Å². The van der Waals surface area contributed by atoms with Crippen LogP contribution in [-0.2, 0) is 0 Å². The van der Waals surface area contributed by atoms with E-state index in [-0.39, 0.29) is 11.9 Å². The normalized spacial score (nSPS) is 12.1. The van der Waals surface area contributed by atoms with Crippen molar-refractivity contribution in [1.82, 2.24) is 0 Å². The van der Waals surface area contributed by atoms with E-state index in [1.165, 1.54) is 13.2 Å². The zero-order valence-corrected chi connectivity index (χ0v) is 12.5. The van der Waals surface area contributed by atoms with Gasteiger partial charge in [-0.3, -0.25) is 0 Å². The van der Waals surface area contributed by atoms with E-state index >= 15 is 0 Å². The maximum Gasteiger partial charge on any atom is 0.132 e. The molecule has 1 unspecified atom stereocenters. The molecule has 0 bridgehead atoms. The molecule has 0 aliphatic heterocycles. The fourth-order valence-electron chi connectivity index (χ4n) is 2.09. The molecule has 4 heteroatoms. The first kappa shape index (κ1) is 14.7. The molecule has 2 nitrogen and oxygen atoms in total. The number of anilines is 1. The largest absolute Gasteiger partial charge is 0.497 e. The standard InChI is InChI=1S/C16H17ClFNO/c1-10-5-4-6-14(17)16(10)19-11(2)13-8-7-12(20-3)9-15(13)18/h4-9,11,19H,1-3H3. The number of para-hydroxylation sites is 1. The summed E-state index contributed by atoms with van der Waals surface area (Å²) in [5.74, 6) is 0.210. The minimum absolute atomic E-state index is 0.195. The summed E-state index contributed by atoms with van der Waals surface area (Å²) in [7, 11) is 1.52. The minimum atomic E-state index is -0.297. The molecule has 0 amide bonds. The Bertz CT molecular complexity index is 595. The second kappa shape index (κ2) is 6.14. The van der Waals surface area contributed by atoms with Gasteiger partial charge in [0.25, 0.3) is 0 Å². The molecule has 0 heterocycles. The molecule has 0 spiro atoms. The number of methoxy groups -OCH3 is 1. The van der Waals surface area contributed by atoms with Gasteiger partial charge in [0, 0.05) is 11.6 Å². The average Bonchev–Trinajstić information content (AvgIpc) is 2.42. The number of halogens is 2. The average molecular weight is 294 g/mol. The Kier molecular flexibility index (Phi) is 4.50. The summed E-state index contributed by atoms with van der Waals surface area (Å²) in [5.41, 5.74) is 2.43. The van der Waals surface area contributed by atoms with E-state index in [0.29, 0.717) is 16.3 Å². The van der Waals surface area contributed by atoms with Crippen LogP contribution in [0.15, 0.2) is 36.4 Å². The highest BCUT2D eigenvalue weighted by molar-refractivity contribution is 6.33. The summed E-state index contributed by atoms with van der Waals surface area (Å²) in [6.45, 7) is 3.86. The molecular weight excluding hydrogens is 277 g/mol. The first-order valence-corrected chi connectivity index (χ1v) is 6.76. The van der Waals surface area contributed by atoms with E-state index in [2.05, 4.69) is 5.32 Å². The van der Waals surface area contributed by atoms with Gasteiger partial charge in [-0.05, 0) is 31.5 Å². The first-order chi connectivity index (χ1) is 9.52. The zero-order valence-electron chi connectivity index (χ0n) is 11.7. The highest BCUT2D eigenvalue weighted by Crippen LogP contribution is 2.30. The van der Waals surface area contributed by atoms with Crippen molar-refractivity contribution >= 4 is 17.3 Å². The van der Waals surface area contributed by atoms with Gasteiger partial charge in [0.05, 0.1) is 23.9 Å². The molecule has 0 aliphatic carbocycles. The van der Waals surface area contributed by atoms with Crippen LogP contribution < -0.4 is 10.1 Å². The molecule has 0 fully saturated rings. The number of aryl methyl sites for hydroxylation is 1. The summed E-state index contributed by atoms with van der Waals surface area (Å²) in [5, 5.41) is 3.89. The van der Waals surface area contributed by atoms with Crippen LogP contribution in [-0.4, -0.2) is 7.11 Å². The van der Waals surface area contributed by atoms with Crippen molar-refractivity contribution in [2.75, 3.05) is 12.4 Å². The molecule has 0 radical (unpaired) electrons. The van der Waals surface area contributed by atoms with Crippen molar-refractivity contribution in [3.63, 3.8) is 0 Å². The quantitative estimate of drug-likeness (QED) is 0.859. The van der Waals surface area contributed by atoms with Crippen molar-refractivity contribution < 1.29 is 9.13 Å². The summed E-state index contributed by atoms with van der Waals surface area (Å²) < 4.78 is 19.0. The molecular formula is C16H17ClFNO. The lowest BCUT2D eigenvalue weighted by atomic mass is 10.1. The Morgan fingerprint density at radius 3 is 2.60 bits per heavy atom. The fourth-order valence-corrected chi connectivity index (χ4v) is 2.37. The third-order valence-corrected chi connectivity index (χ3v) is 3.57. The number of hydrogen-bond acceptors (Lipinski definition) is 2. The highest BCUT2D eigenvalue weighted by Gasteiger charge is 2.14. The Balaban J connectivity index is 2.26. The zero-order chi connectivity index (χ0) is 14.7. The van der Waals surface area contributed by atoms with Crippen molar-refractivity contribution in [2.24, 2.45) is 0 Å². The van der Waals surface area contributed by atoms with E-state index in [1.807, 2.05) is 32.0 Å². The van der Waals surface area contributed by atoms with Crippen LogP contribution in [0, 0.1) is 12.7 Å². The predicted octanol–water partition coefficient (Wildman–Crippen LogP) is 4.97. The predicted molar refractivity (Wildman–Crippen MR) is 81.2 cm³/mol. The van der Waals surface area contributed by atoms with Crippen LogP contribution >= 0.6 is 11.6 Å². The number of rotatable bonds is 4. The molecule has 2 aromatic carbocycles. The summed E-state index contributed by atoms with van der Waals surface area (Å²) >= 11 is 6.17. The van der Waals surface area contributed by atoms with Crippen LogP contribution in [0.3, 0.4) is 0 Å². The molecule has 0 aromatic heterocycles. The SMILES string of the molecule is COc1ccc(C(C)Nc2c(C)cccc2Cl)c(F)c1. The van der Waals surface area contributed by atoms with Gasteiger partial charge in [-0.15, -0.1) is 0 Å². The number of benzene rings is 2. The van der Waals surface area contributed by atoms with E-state index in [4.69, 9.17) is 16.3 Å². The highest BCUT2D eigenvalue weighted by atomic mass is 35.5. The van der Waals surface area contributed by atoms with Crippen LogP contribution in [0.25, 0.3) is 0 Å². The Labute approximate surface area is 123 Å². The third-order valence-electron chi connectivity index (χ3n) is 3.26. The Hall–Kier alpha value is -1.74. The Morgan fingerprint density at radius 2 is 2.00 bits per heavy atom. The number of ether oxygens (including phenoxy) is 1. The van der Waals surface area contributed by atoms with Gasteiger partial charge in [-0.1, -0.05) is 29.8 Å². The summed E-state index contributed by atoms with van der Waals surface area (Å²) in [4.78, 5) is 0. The maximum absolute atomic E-state index is 14.0. The van der Waals surface area contributed by atoms with Gasteiger partial charge in [-0.2, -0.15) is 0 Å². The van der Waals surface area contributed by atoms with Crippen LogP contribution in [0.5, 0.6) is 5.75 Å². The van der Waals surface area contributed by atoms with E-state index in [1.54, 1.807) is 12.1 Å². The monoisotopic (exact) mass is 293 g/mol. The molecule has 20 heavy (non-hydrogen) atoms. The molecule has 2 aromatic rings. The van der Waals surface area contributed by atoms with E-state index in [9.17, 15) is 4.39 Å². The van der Waals surface area contributed by atoms with Crippen LogP contribution in [0.4, 0.5) is 10.1 Å². The van der Waals surface area contributed by atoms with Gasteiger partial charge in [0.15, 0.2) is 0 Å². The molecule has 0 saturated heterocycles. The fraction of sp³-hybridized carbons (Fsp3) is 0.250. The second-order valence-electron chi connectivity index (χ2n) is 4.69. The summed E-state index contributed by atoms with van der Waals surface area (Å²) in [6.07, 6.45) is 0. The van der Waals surface area contributed by atoms with Gasteiger partial charge in [0.1, 0.15) is 11.6 Å². The molecule has 0 aliphatic rings. The van der Waals surface area contributed by atoms with Gasteiger partial charge < -0.3 is 10.1 Å². The smallest absolute Gasteiger partial charge is 0.132 e. The lowest BCUT2D eigenvalue weighted by Crippen LogP contribution is -2.10. The third kappa shape index (κ3) is 3.05.